The molecule has 1 aliphatic heterocycles. The molecule has 2 N–H and O–H groups in total. The van der Waals surface area contributed by atoms with Crippen LogP contribution in [0.1, 0.15) is 13.8 Å². The van der Waals surface area contributed by atoms with E-state index in [1.807, 2.05) is 31.4 Å². The van der Waals surface area contributed by atoms with Gasteiger partial charge in [-0.1, -0.05) is 0 Å². The first-order valence-electron chi connectivity index (χ1n) is 7.53. The predicted octanol–water partition coefficient (Wildman–Crippen LogP) is 3.77. The highest BCUT2D eigenvalue weighted by molar-refractivity contribution is 7.14. The minimum absolute atomic E-state index is 0.0264. The number of nitrogens with one attached hydrogen (secondary N) is 2. The van der Waals surface area contributed by atoms with Gasteiger partial charge < -0.3 is 15.0 Å². The molecule has 0 spiro atoms. The number of fused-ring (bicyclic) bond motifs is 1. The highest BCUT2D eigenvalue weighted by Crippen LogP contribution is 2.37. The Kier molecular flexibility index (Phi) is 4.19. The van der Waals surface area contributed by atoms with Crippen molar-refractivity contribution in [1.82, 2.24) is 0 Å². The average molecular weight is 345 g/mol. The van der Waals surface area contributed by atoms with Crippen molar-refractivity contribution in [3.05, 3.63) is 35.7 Å². The van der Waals surface area contributed by atoms with Gasteiger partial charge in [-0.25, -0.2) is 4.79 Å². The van der Waals surface area contributed by atoms with Gasteiger partial charge in [-0.3, -0.25) is 10.1 Å². The topological polar surface area (TPSA) is 70.7 Å². The van der Waals surface area contributed by atoms with Crippen LogP contribution < -0.4 is 20.3 Å². The van der Waals surface area contributed by atoms with E-state index in [1.54, 1.807) is 30.1 Å². The van der Waals surface area contributed by atoms with Gasteiger partial charge in [0.1, 0.15) is 12.4 Å². The van der Waals surface area contributed by atoms with Gasteiger partial charge in [0.15, 0.2) is 0 Å². The van der Waals surface area contributed by atoms with Crippen LogP contribution in [0.2, 0.25) is 0 Å². The molecule has 0 unspecified atom stereocenters. The van der Waals surface area contributed by atoms with Gasteiger partial charge in [0.2, 0.25) is 5.91 Å². The smallest absolute Gasteiger partial charge is 0.324 e. The van der Waals surface area contributed by atoms with Crippen LogP contribution in [0.4, 0.5) is 21.2 Å². The standard InChI is InChI=1S/C17H19N3O3S/c1-17(2)10-23-13-7-6-11(9-12(13)20(3)15(17)21)18-16(22)19-14-5-4-8-24-14/h4-9H,10H2,1-3H3,(H2,18,19,22). The van der Waals surface area contributed by atoms with E-state index in [4.69, 9.17) is 4.74 Å². The first-order chi connectivity index (χ1) is 11.4. The van der Waals surface area contributed by atoms with Gasteiger partial charge >= 0.3 is 6.03 Å². The number of amides is 3. The second-order valence-electron chi connectivity index (χ2n) is 6.28. The minimum atomic E-state index is -0.599. The van der Waals surface area contributed by atoms with E-state index in [0.717, 1.165) is 5.00 Å². The van der Waals surface area contributed by atoms with E-state index < -0.39 is 5.41 Å². The van der Waals surface area contributed by atoms with Crippen LogP contribution in [0, 0.1) is 5.41 Å². The molecule has 3 rings (SSSR count). The summed E-state index contributed by atoms with van der Waals surface area (Å²) in [6.45, 7) is 4.02. The zero-order valence-corrected chi connectivity index (χ0v) is 14.6. The zero-order valence-electron chi connectivity index (χ0n) is 13.8. The van der Waals surface area contributed by atoms with Crippen LogP contribution in [0.15, 0.2) is 35.7 Å². The molecule has 3 amide bonds. The Balaban J connectivity index is 1.80. The number of carbonyl (C=O) groups excluding carboxylic acids is 2. The van der Waals surface area contributed by atoms with Gasteiger partial charge in [-0.05, 0) is 49.6 Å². The molecule has 2 aromatic rings. The van der Waals surface area contributed by atoms with Crippen LogP contribution in [-0.4, -0.2) is 25.6 Å². The fraction of sp³-hybridized carbons (Fsp3) is 0.294. The molecular formula is C17H19N3O3S. The van der Waals surface area contributed by atoms with Crippen molar-refractivity contribution >= 4 is 39.7 Å². The third-order valence-corrected chi connectivity index (χ3v) is 4.59. The Hall–Kier alpha value is -2.54. The number of benzene rings is 1. The number of rotatable bonds is 2. The molecule has 0 saturated heterocycles. The van der Waals surface area contributed by atoms with Gasteiger partial charge in [0.25, 0.3) is 0 Å². The first-order valence-corrected chi connectivity index (χ1v) is 8.41. The lowest BCUT2D eigenvalue weighted by Gasteiger charge is -2.24. The largest absolute Gasteiger partial charge is 0.490 e. The maximum absolute atomic E-state index is 12.5. The highest BCUT2D eigenvalue weighted by Gasteiger charge is 2.36. The number of hydrogen-bond acceptors (Lipinski definition) is 4. The molecule has 0 fully saturated rings. The Morgan fingerprint density at radius 3 is 2.79 bits per heavy atom. The summed E-state index contributed by atoms with van der Waals surface area (Å²) in [6.07, 6.45) is 0. The molecule has 6 nitrogen and oxygen atoms in total. The van der Waals surface area contributed by atoms with Gasteiger partial charge in [0.05, 0.1) is 16.1 Å². The van der Waals surface area contributed by atoms with E-state index in [9.17, 15) is 9.59 Å². The molecule has 1 aromatic heterocycles. The van der Waals surface area contributed by atoms with Crippen LogP contribution in [0.5, 0.6) is 5.75 Å². The quantitative estimate of drug-likeness (QED) is 0.870. The summed E-state index contributed by atoms with van der Waals surface area (Å²) in [6, 6.07) is 8.61. The molecule has 126 valence electrons. The summed E-state index contributed by atoms with van der Waals surface area (Å²) < 4.78 is 5.76. The molecule has 1 aliphatic rings. The summed E-state index contributed by atoms with van der Waals surface area (Å²) in [4.78, 5) is 26.1. The van der Waals surface area contributed by atoms with Crippen molar-refractivity contribution in [2.24, 2.45) is 5.41 Å². The maximum Gasteiger partial charge on any atom is 0.324 e. The Morgan fingerprint density at radius 1 is 1.29 bits per heavy atom. The fourth-order valence-electron chi connectivity index (χ4n) is 2.49. The van der Waals surface area contributed by atoms with Gasteiger partial charge in [-0.2, -0.15) is 0 Å². The van der Waals surface area contributed by atoms with Crippen LogP contribution in [0.25, 0.3) is 0 Å². The number of ether oxygens (including phenoxy) is 1. The van der Waals surface area contributed by atoms with Crippen LogP contribution in [-0.2, 0) is 4.79 Å². The zero-order chi connectivity index (χ0) is 17.3. The molecule has 0 aliphatic carbocycles. The average Bonchev–Trinajstić information content (AvgIpc) is 3.02. The number of hydrogen-bond donors (Lipinski definition) is 2. The minimum Gasteiger partial charge on any atom is -0.490 e. The van der Waals surface area contributed by atoms with Gasteiger partial charge in [-0.15, -0.1) is 11.3 Å². The second-order valence-corrected chi connectivity index (χ2v) is 7.22. The third-order valence-electron chi connectivity index (χ3n) is 3.81. The Bertz CT molecular complexity index is 771. The summed E-state index contributed by atoms with van der Waals surface area (Å²) in [7, 11) is 1.72. The molecular weight excluding hydrogens is 326 g/mol. The van der Waals surface area contributed by atoms with E-state index in [1.165, 1.54) is 11.3 Å². The van der Waals surface area contributed by atoms with E-state index in [-0.39, 0.29) is 11.9 Å². The maximum atomic E-state index is 12.5. The summed E-state index contributed by atoms with van der Waals surface area (Å²) >= 11 is 1.44. The summed E-state index contributed by atoms with van der Waals surface area (Å²) in [5.41, 5.74) is 0.628. The van der Waals surface area contributed by atoms with E-state index in [2.05, 4.69) is 10.6 Å². The Labute approximate surface area is 144 Å². The number of anilines is 3. The molecule has 2 heterocycles. The molecule has 7 heteroatoms. The lowest BCUT2D eigenvalue weighted by atomic mass is 9.93. The van der Waals surface area contributed by atoms with Crippen LogP contribution >= 0.6 is 11.3 Å². The molecule has 0 saturated carbocycles. The summed E-state index contributed by atoms with van der Waals surface area (Å²) in [5, 5.41) is 8.17. The molecule has 0 bridgehead atoms. The molecule has 1 aromatic carbocycles. The summed E-state index contributed by atoms with van der Waals surface area (Å²) in [5.74, 6) is 0.599. The van der Waals surface area contributed by atoms with Gasteiger partial charge in [0, 0.05) is 12.7 Å². The van der Waals surface area contributed by atoms with Crippen molar-refractivity contribution in [2.45, 2.75) is 13.8 Å². The Morgan fingerprint density at radius 2 is 2.08 bits per heavy atom. The molecule has 0 radical (unpaired) electrons. The van der Waals surface area contributed by atoms with Crippen molar-refractivity contribution in [1.29, 1.82) is 0 Å². The SMILES string of the molecule is CN1C(=O)C(C)(C)COc2ccc(NC(=O)Nc3cccs3)cc21. The lowest BCUT2D eigenvalue weighted by molar-refractivity contribution is -0.127. The lowest BCUT2D eigenvalue weighted by Crippen LogP contribution is -2.39. The number of thiophene rings is 1. The van der Waals surface area contributed by atoms with Crippen molar-refractivity contribution in [2.75, 3.05) is 29.2 Å². The number of nitrogens with zero attached hydrogens (tertiary/aromatic N) is 1. The van der Waals surface area contributed by atoms with Crippen molar-refractivity contribution < 1.29 is 14.3 Å². The number of carbonyl (C=O) groups is 2. The molecule has 24 heavy (non-hydrogen) atoms. The van der Waals surface area contributed by atoms with Crippen molar-refractivity contribution in [3.63, 3.8) is 0 Å². The second kappa shape index (κ2) is 6.16. The predicted molar refractivity (Wildman–Crippen MR) is 96.1 cm³/mol. The van der Waals surface area contributed by atoms with Crippen LogP contribution in [0.3, 0.4) is 0 Å². The highest BCUT2D eigenvalue weighted by atomic mass is 32.1. The fourth-order valence-corrected chi connectivity index (χ4v) is 3.10. The monoisotopic (exact) mass is 345 g/mol. The third kappa shape index (κ3) is 3.21. The van der Waals surface area contributed by atoms with E-state index in [0.29, 0.717) is 23.7 Å². The molecule has 0 atom stereocenters. The normalized spacial score (nSPS) is 16.0. The first kappa shape index (κ1) is 16.3. The van der Waals surface area contributed by atoms with Crippen molar-refractivity contribution in [3.8, 4) is 5.75 Å². The number of urea groups is 1. The van der Waals surface area contributed by atoms with E-state index >= 15 is 0 Å².